The minimum absolute atomic E-state index is 0.135. The summed E-state index contributed by atoms with van der Waals surface area (Å²) in [6.07, 6.45) is 0. The Morgan fingerprint density at radius 1 is 1.12 bits per heavy atom. The molecule has 2 heterocycles. The van der Waals surface area contributed by atoms with E-state index in [1.165, 1.54) is 16.8 Å². The largest absolute Gasteiger partial charge is 0.394 e. The zero-order valence-electron chi connectivity index (χ0n) is 15.6. The number of nitrogens with zero attached hydrogens (tertiary/aromatic N) is 4. The zero-order chi connectivity index (χ0) is 17.8. The molecule has 1 aromatic heterocycles. The summed E-state index contributed by atoms with van der Waals surface area (Å²) in [5.74, 6) is 0. The van der Waals surface area contributed by atoms with E-state index in [1.807, 2.05) is 4.68 Å². The summed E-state index contributed by atoms with van der Waals surface area (Å²) < 4.78 is 1.93. The van der Waals surface area contributed by atoms with Crippen molar-refractivity contribution in [2.75, 3.05) is 26.2 Å². The van der Waals surface area contributed by atoms with Crippen LogP contribution >= 0.6 is 0 Å². The number of aliphatic hydroxyl groups excluding tert-OH is 1. The Morgan fingerprint density at radius 3 is 2.56 bits per heavy atom. The number of hydrogen-bond acceptors (Lipinski definition) is 4. The van der Waals surface area contributed by atoms with Gasteiger partial charge in [0.25, 0.3) is 0 Å². The van der Waals surface area contributed by atoms with Crippen molar-refractivity contribution in [3.63, 3.8) is 0 Å². The highest BCUT2D eigenvalue weighted by Gasteiger charge is 2.25. The van der Waals surface area contributed by atoms with Gasteiger partial charge in [0.1, 0.15) is 0 Å². The molecule has 136 valence electrons. The van der Waals surface area contributed by atoms with Gasteiger partial charge < -0.3 is 5.11 Å². The van der Waals surface area contributed by atoms with Gasteiger partial charge in [-0.15, -0.1) is 0 Å². The molecule has 0 saturated carbocycles. The second-order valence-corrected chi connectivity index (χ2v) is 7.14. The van der Waals surface area contributed by atoms with Crippen molar-refractivity contribution in [1.82, 2.24) is 19.6 Å². The van der Waals surface area contributed by atoms with Gasteiger partial charge in [-0.2, -0.15) is 5.10 Å². The van der Waals surface area contributed by atoms with Gasteiger partial charge in [-0.1, -0.05) is 30.3 Å². The molecule has 3 rings (SSSR count). The van der Waals surface area contributed by atoms with Crippen LogP contribution in [0.15, 0.2) is 30.3 Å². The summed E-state index contributed by atoms with van der Waals surface area (Å²) >= 11 is 0. The predicted octanol–water partition coefficient (Wildman–Crippen LogP) is 2.20. The Balaban J connectivity index is 1.61. The van der Waals surface area contributed by atoms with Crippen molar-refractivity contribution in [2.45, 2.75) is 46.4 Å². The highest BCUT2D eigenvalue weighted by molar-refractivity contribution is 5.24. The number of aryl methyl sites for hydroxylation is 1. The molecule has 5 heteroatoms. The van der Waals surface area contributed by atoms with Gasteiger partial charge in [-0.05, 0) is 26.3 Å². The number of benzene rings is 1. The van der Waals surface area contributed by atoms with Gasteiger partial charge in [0.05, 0.1) is 18.8 Å². The van der Waals surface area contributed by atoms with Gasteiger partial charge in [-0.3, -0.25) is 14.5 Å². The lowest BCUT2D eigenvalue weighted by atomic mass is 10.1. The van der Waals surface area contributed by atoms with E-state index in [1.54, 1.807) is 0 Å². The zero-order valence-corrected chi connectivity index (χ0v) is 15.6. The first kappa shape index (κ1) is 18.1. The summed E-state index contributed by atoms with van der Waals surface area (Å²) in [4.78, 5) is 5.10. The van der Waals surface area contributed by atoms with Crippen LogP contribution in [0.25, 0.3) is 0 Å². The molecule has 1 atom stereocenters. The maximum Gasteiger partial charge on any atom is 0.0644 e. The fourth-order valence-corrected chi connectivity index (χ4v) is 3.77. The molecule has 1 aromatic carbocycles. The Bertz CT molecular complexity index is 683. The van der Waals surface area contributed by atoms with Crippen molar-refractivity contribution in [3.8, 4) is 0 Å². The number of aromatic nitrogens is 2. The van der Waals surface area contributed by atoms with Crippen molar-refractivity contribution in [3.05, 3.63) is 52.8 Å². The minimum Gasteiger partial charge on any atom is -0.394 e. The molecule has 0 aliphatic carbocycles. The first-order chi connectivity index (χ1) is 12.1. The Labute approximate surface area is 150 Å². The topological polar surface area (TPSA) is 44.5 Å². The van der Waals surface area contributed by atoms with Crippen LogP contribution in [0.4, 0.5) is 0 Å². The van der Waals surface area contributed by atoms with Crippen LogP contribution in [0.5, 0.6) is 0 Å². The molecule has 5 nitrogen and oxygen atoms in total. The third-order valence-corrected chi connectivity index (χ3v) is 5.30. The van der Waals surface area contributed by atoms with E-state index in [0.29, 0.717) is 12.6 Å². The average molecular weight is 342 g/mol. The van der Waals surface area contributed by atoms with E-state index in [-0.39, 0.29) is 6.61 Å². The smallest absolute Gasteiger partial charge is 0.0644 e. The summed E-state index contributed by atoms with van der Waals surface area (Å²) in [6, 6.07) is 11.2. The van der Waals surface area contributed by atoms with E-state index < -0.39 is 0 Å². The molecule has 2 aromatic rings. The molecule has 1 aliphatic heterocycles. The van der Waals surface area contributed by atoms with E-state index in [2.05, 4.69) is 66.0 Å². The molecule has 0 amide bonds. The van der Waals surface area contributed by atoms with Gasteiger partial charge in [-0.25, -0.2) is 0 Å². The molecule has 1 fully saturated rings. The SMILES string of the molecule is Cc1nn(CCO)c(C)c1CN1CCN(Cc2ccccc2)CC1C. The molecule has 1 aliphatic rings. The molecule has 1 N–H and O–H groups in total. The lowest BCUT2D eigenvalue weighted by Gasteiger charge is -2.40. The maximum atomic E-state index is 9.18. The second kappa shape index (κ2) is 8.13. The molecular weight excluding hydrogens is 312 g/mol. The van der Waals surface area contributed by atoms with Crippen LogP contribution in [0.1, 0.15) is 29.4 Å². The van der Waals surface area contributed by atoms with E-state index in [4.69, 9.17) is 0 Å². The van der Waals surface area contributed by atoms with Crippen molar-refractivity contribution < 1.29 is 5.11 Å². The quantitative estimate of drug-likeness (QED) is 0.874. The first-order valence-electron chi connectivity index (χ1n) is 9.22. The van der Waals surface area contributed by atoms with Crippen molar-refractivity contribution in [1.29, 1.82) is 0 Å². The van der Waals surface area contributed by atoms with Gasteiger partial charge in [0.15, 0.2) is 0 Å². The lowest BCUT2D eigenvalue weighted by molar-refractivity contribution is 0.0730. The Hall–Kier alpha value is -1.69. The number of aliphatic hydroxyl groups is 1. The third kappa shape index (κ3) is 4.29. The molecule has 0 bridgehead atoms. The summed E-state index contributed by atoms with van der Waals surface area (Å²) in [5.41, 5.74) is 4.98. The van der Waals surface area contributed by atoms with Crippen LogP contribution in [0.2, 0.25) is 0 Å². The fraction of sp³-hybridized carbons (Fsp3) is 0.550. The summed E-state index contributed by atoms with van der Waals surface area (Å²) in [5, 5.41) is 13.8. The minimum atomic E-state index is 0.135. The molecule has 25 heavy (non-hydrogen) atoms. The third-order valence-electron chi connectivity index (χ3n) is 5.30. The van der Waals surface area contributed by atoms with E-state index >= 15 is 0 Å². The standard InChI is InChI=1S/C20H30N4O/c1-16-13-22(14-19-7-5-4-6-8-19)9-10-23(16)15-20-17(2)21-24(11-12-25)18(20)3/h4-8,16,25H,9-15H2,1-3H3. The average Bonchev–Trinajstić information content (AvgIpc) is 2.86. The van der Waals surface area contributed by atoms with Crippen LogP contribution in [0, 0.1) is 13.8 Å². The van der Waals surface area contributed by atoms with E-state index in [0.717, 1.165) is 38.4 Å². The van der Waals surface area contributed by atoms with Crippen molar-refractivity contribution in [2.24, 2.45) is 0 Å². The Morgan fingerprint density at radius 2 is 1.88 bits per heavy atom. The molecule has 1 saturated heterocycles. The Kier molecular flexibility index (Phi) is 5.89. The molecule has 0 spiro atoms. The molecular formula is C20H30N4O. The second-order valence-electron chi connectivity index (χ2n) is 7.14. The number of hydrogen-bond donors (Lipinski definition) is 1. The normalized spacial score (nSPS) is 19.4. The van der Waals surface area contributed by atoms with Crippen LogP contribution in [-0.4, -0.2) is 57.0 Å². The molecule has 0 radical (unpaired) electrons. The number of rotatable bonds is 6. The predicted molar refractivity (Wildman–Crippen MR) is 100 cm³/mol. The first-order valence-corrected chi connectivity index (χ1v) is 9.22. The van der Waals surface area contributed by atoms with E-state index in [9.17, 15) is 5.11 Å². The highest BCUT2D eigenvalue weighted by Crippen LogP contribution is 2.20. The fourth-order valence-electron chi connectivity index (χ4n) is 3.77. The van der Waals surface area contributed by atoms with Gasteiger partial charge in [0, 0.05) is 50.0 Å². The summed E-state index contributed by atoms with van der Waals surface area (Å²) in [6.45, 7) is 12.5. The molecule has 1 unspecified atom stereocenters. The number of piperazine rings is 1. The highest BCUT2D eigenvalue weighted by atomic mass is 16.3. The lowest BCUT2D eigenvalue weighted by Crippen LogP contribution is -2.51. The maximum absolute atomic E-state index is 9.18. The summed E-state index contributed by atoms with van der Waals surface area (Å²) in [7, 11) is 0. The van der Waals surface area contributed by atoms with Gasteiger partial charge in [0.2, 0.25) is 0 Å². The van der Waals surface area contributed by atoms with Crippen LogP contribution < -0.4 is 0 Å². The van der Waals surface area contributed by atoms with Gasteiger partial charge >= 0.3 is 0 Å². The van der Waals surface area contributed by atoms with Crippen molar-refractivity contribution >= 4 is 0 Å². The monoisotopic (exact) mass is 342 g/mol. The van der Waals surface area contributed by atoms with Crippen LogP contribution in [0.3, 0.4) is 0 Å². The van der Waals surface area contributed by atoms with Crippen LogP contribution in [-0.2, 0) is 19.6 Å².